The minimum Gasteiger partial charge on any atom is -0.336 e. The van der Waals surface area contributed by atoms with Crippen molar-refractivity contribution in [2.45, 2.75) is 52.2 Å². The molecule has 1 N–H and O–H groups in total. The summed E-state index contributed by atoms with van der Waals surface area (Å²) in [6.45, 7) is 8.62. The topological polar surface area (TPSA) is 113 Å². The Morgan fingerprint density at radius 2 is 1.70 bits per heavy atom. The molecule has 1 aromatic carbocycles. The van der Waals surface area contributed by atoms with Crippen molar-refractivity contribution < 1.29 is 19.3 Å². The average molecular weight is 376 g/mol. The predicted molar refractivity (Wildman–Crippen MR) is 97.8 cm³/mol. The third kappa shape index (κ3) is 3.76. The van der Waals surface area contributed by atoms with E-state index >= 15 is 0 Å². The summed E-state index contributed by atoms with van der Waals surface area (Å²) in [5, 5.41) is 13.4. The van der Waals surface area contributed by atoms with Crippen LogP contribution in [0, 0.1) is 10.1 Å². The van der Waals surface area contributed by atoms with Crippen molar-refractivity contribution in [3.05, 3.63) is 39.9 Å². The molecular weight excluding hydrogens is 352 g/mol. The summed E-state index contributed by atoms with van der Waals surface area (Å²) in [5.41, 5.74) is -1.09. The number of carbonyl (C=O) groups is 3. The second-order valence-electron chi connectivity index (χ2n) is 7.24. The summed E-state index contributed by atoms with van der Waals surface area (Å²) in [5.74, 6) is -0.890. The molecule has 2 rings (SSSR count). The van der Waals surface area contributed by atoms with E-state index in [1.165, 1.54) is 31.2 Å². The number of imide groups is 1. The number of hydrogen-bond acceptors (Lipinski definition) is 5. The normalized spacial score (nSPS) is 19.6. The van der Waals surface area contributed by atoms with Crippen molar-refractivity contribution in [2.24, 2.45) is 0 Å². The summed E-state index contributed by atoms with van der Waals surface area (Å²) in [4.78, 5) is 50.6. The van der Waals surface area contributed by atoms with Crippen LogP contribution in [0.25, 0.3) is 0 Å². The second-order valence-corrected chi connectivity index (χ2v) is 7.24. The Bertz CT molecular complexity index is 766. The zero-order valence-corrected chi connectivity index (χ0v) is 16.1. The number of non-ortho nitro benzene ring substituents is 1. The molecule has 1 aliphatic heterocycles. The van der Waals surface area contributed by atoms with Crippen LogP contribution in [-0.2, 0) is 15.1 Å². The molecule has 9 nitrogen and oxygen atoms in total. The smallest absolute Gasteiger partial charge is 0.325 e. The highest BCUT2D eigenvalue weighted by Gasteiger charge is 2.50. The lowest BCUT2D eigenvalue weighted by molar-refractivity contribution is -0.384. The van der Waals surface area contributed by atoms with Gasteiger partial charge >= 0.3 is 6.03 Å². The molecule has 9 heteroatoms. The Hall–Kier alpha value is -2.97. The summed E-state index contributed by atoms with van der Waals surface area (Å²) in [6, 6.07) is 4.59. The van der Waals surface area contributed by atoms with E-state index in [4.69, 9.17) is 0 Å². The Labute approximate surface area is 157 Å². The summed E-state index contributed by atoms with van der Waals surface area (Å²) in [6.07, 6.45) is 0. The van der Waals surface area contributed by atoms with Crippen LogP contribution in [0.4, 0.5) is 10.5 Å². The minimum absolute atomic E-state index is 0.0701. The monoisotopic (exact) mass is 376 g/mol. The fourth-order valence-electron chi connectivity index (χ4n) is 3.34. The van der Waals surface area contributed by atoms with Gasteiger partial charge in [0.1, 0.15) is 12.1 Å². The lowest BCUT2D eigenvalue weighted by Crippen LogP contribution is -2.49. The van der Waals surface area contributed by atoms with E-state index in [2.05, 4.69) is 5.32 Å². The molecule has 1 saturated heterocycles. The summed E-state index contributed by atoms with van der Waals surface area (Å²) in [7, 11) is 0. The molecule has 1 atom stereocenters. The van der Waals surface area contributed by atoms with Crippen molar-refractivity contribution in [1.29, 1.82) is 0 Å². The zero-order chi connectivity index (χ0) is 20.5. The lowest BCUT2D eigenvalue weighted by atomic mass is 9.92. The molecule has 1 aliphatic rings. The Balaban J connectivity index is 2.25. The molecule has 1 heterocycles. The lowest BCUT2D eigenvalue weighted by Gasteiger charge is -2.32. The van der Waals surface area contributed by atoms with Crippen LogP contribution in [-0.4, -0.2) is 51.2 Å². The van der Waals surface area contributed by atoms with Crippen molar-refractivity contribution in [2.75, 3.05) is 6.54 Å². The van der Waals surface area contributed by atoms with Gasteiger partial charge in [-0.1, -0.05) is 0 Å². The molecule has 0 unspecified atom stereocenters. The van der Waals surface area contributed by atoms with Crippen LogP contribution >= 0.6 is 0 Å². The maximum Gasteiger partial charge on any atom is 0.325 e. The third-order valence-corrected chi connectivity index (χ3v) is 4.62. The molecule has 146 valence electrons. The Morgan fingerprint density at radius 1 is 1.19 bits per heavy atom. The number of benzene rings is 1. The molecule has 0 spiro atoms. The molecule has 0 radical (unpaired) electrons. The number of urea groups is 1. The van der Waals surface area contributed by atoms with E-state index in [9.17, 15) is 24.5 Å². The van der Waals surface area contributed by atoms with Gasteiger partial charge < -0.3 is 10.2 Å². The van der Waals surface area contributed by atoms with Gasteiger partial charge in [-0.05, 0) is 52.3 Å². The molecular formula is C18H24N4O5. The van der Waals surface area contributed by atoms with Gasteiger partial charge in [-0.3, -0.25) is 24.6 Å². The second kappa shape index (κ2) is 7.34. The predicted octanol–water partition coefficient (Wildman–Crippen LogP) is 2.01. The van der Waals surface area contributed by atoms with Gasteiger partial charge in [0.15, 0.2) is 0 Å². The van der Waals surface area contributed by atoms with Crippen molar-refractivity contribution in [3.8, 4) is 0 Å². The first kappa shape index (κ1) is 20.3. The van der Waals surface area contributed by atoms with Gasteiger partial charge in [0.05, 0.1) is 4.92 Å². The average Bonchev–Trinajstić information content (AvgIpc) is 2.78. The molecule has 0 aromatic heterocycles. The summed E-state index contributed by atoms with van der Waals surface area (Å²) < 4.78 is 0. The quantitative estimate of drug-likeness (QED) is 0.463. The zero-order valence-electron chi connectivity index (χ0n) is 16.1. The molecule has 0 bridgehead atoms. The highest BCUT2D eigenvalue weighted by atomic mass is 16.6. The van der Waals surface area contributed by atoms with E-state index in [0.717, 1.165) is 4.90 Å². The highest BCUT2D eigenvalue weighted by molar-refractivity contribution is 6.09. The fourth-order valence-corrected chi connectivity index (χ4v) is 3.34. The first-order valence-electron chi connectivity index (χ1n) is 8.69. The van der Waals surface area contributed by atoms with Gasteiger partial charge in [-0.2, -0.15) is 0 Å². The van der Waals surface area contributed by atoms with E-state index in [1.807, 2.05) is 27.7 Å². The third-order valence-electron chi connectivity index (χ3n) is 4.62. The van der Waals surface area contributed by atoms with Crippen LogP contribution in [0.15, 0.2) is 24.3 Å². The number of rotatable bonds is 6. The maximum absolute atomic E-state index is 12.9. The molecule has 27 heavy (non-hydrogen) atoms. The Morgan fingerprint density at radius 3 is 2.15 bits per heavy atom. The van der Waals surface area contributed by atoms with Gasteiger partial charge in [0.25, 0.3) is 11.6 Å². The van der Waals surface area contributed by atoms with Crippen LogP contribution in [0.1, 0.15) is 40.2 Å². The fraction of sp³-hybridized carbons (Fsp3) is 0.500. The number of carbonyl (C=O) groups excluding carboxylic acids is 3. The number of nitro groups is 1. The van der Waals surface area contributed by atoms with E-state index in [0.29, 0.717) is 5.56 Å². The minimum atomic E-state index is -1.38. The number of nitro benzene ring substituents is 1. The molecule has 0 aliphatic carbocycles. The van der Waals surface area contributed by atoms with Crippen LogP contribution in [0.2, 0.25) is 0 Å². The highest BCUT2D eigenvalue weighted by Crippen LogP contribution is 2.30. The molecule has 4 amide bonds. The number of nitrogens with zero attached hydrogens (tertiary/aromatic N) is 3. The maximum atomic E-state index is 12.9. The number of amides is 4. The Kier molecular flexibility index (Phi) is 5.53. The van der Waals surface area contributed by atoms with Gasteiger partial charge in [0, 0.05) is 24.2 Å². The van der Waals surface area contributed by atoms with E-state index in [1.54, 1.807) is 4.90 Å². The molecule has 1 aromatic rings. The van der Waals surface area contributed by atoms with Crippen molar-refractivity contribution in [1.82, 2.24) is 15.1 Å². The van der Waals surface area contributed by atoms with E-state index in [-0.39, 0.29) is 30.2 Å². The van der Waals surface area contributed by atoms with Crippen LogP contribution < -0.4 is 5.32 Å². The molecule has 1 fully saturated rings. The SMILES string of the molecule is CC(C)N(C(=O)CN1C(=O)N[C@](C)(c2ccc([N+](=O)[O-])cc2)C1=O)C(C)C. The van der Waals surface area contributed by atoms with Crippen molar-refractivity contribution in [3.63, 3.8) is 0 Å². The number of nitrogens with one attached hydrogen (secondary N) is 1. The first-order valence-corrected chi connectivity index (χ1v) is 8.69. The van der Waals surface area contributed by atoms with Crippen LogP contribution in [0.3, 0.4) is 0 Å². The van der Waals surface area contributed by atoms with E-state index < -0.39 is 22.4 Å². The van der Waals surface area contributed by atoms with Gasteiger partial charge in [-0.15, -0.1) is 0 Å². The summed E-state index contributed by atoms with van der Waals surface area (Å²) >= 11 is 0. The molecule has 0 saturated carbocycles. The largest absolute Gasteiger partial charge is 0.336 e. The first-order chi connectivity index (χ1) is 12.5. The van der Waals surface area contributed by atoms with Gasteiger partial charge in [0.2, 0.25) is 5.91 Å². The standard InChI is InChI=1S/C18H24N4O5/c1-11(2)21(12(3)4)15(23)10-20-16(24)18(5,19-17(20)25)13-6-8-14(9-7-13)22(26)27/h6-9,11-12H,10H2,1-5H3,(H,19,25)/t18-/m1/s1. The van der Waals surface area contributed by atoms with Gasteiger partial charge in [-0.25, -0.2) is 4.79 Å². The van der Waals surface area contributed by atoms with Crippen molar-refractivity contribution >= 4 is 23.5 Å². The number of hydrogen-bond donors (Lipinski definition) is 1. The van der Waals surface area contributed by atoms with Crippen LogP contribution in [0.5, 0.6) is 0 Å².